The van der Waals surface area contributed by atoms with E-state index in [0.717, 1.165) is 12.8 Å². The van der Waals surface area contributed by atoms with Gasteiger partial charge in [0.2, 0.25) is 5.91 Å². The molecule has 5 heteroatoms. The number of nitrogens with one attached hydrogen (secondary N) is 2. The van der Waals surface area contributed by atoms with E-state index in [1.165, 1.54) is 19.3 Å². The van der Waals surface area contributed by atoms with Crippen molar-refractivity contribution in [1.29, 1.82) is 0 Å². The second-order valence-electron chi connectivity index (χ2n) is 6.13. The van der Waals surface area contributed by atoms with Crippen LogP contribution in [0.2, 0.25) is 0 Å². The minimum absolute atomic E-state index is 0.0260. The average molecular weight is 284 g/mol. The van der Waals surface area contributed by atoms with E-state index in [1.54, 1.807) is 0 Å². The molecular weight excluding hydrogens is 256 g/mol. The van der Waals surface area contributed by atoms with Crippen LogP contribution in [0, 0.1) is 5.92 Å². The first-order chi connectivity index (χ1) is 9.49. The van der Waals surface area contributed by atoms with Crippen molar-refractivity contribution in [2.45, 2.75) is 70.9 Å². The predicted octanol–water partition coefficient (Wildman–Crippen LogP) is 1.91. The molecule has 0 saturated heterocycles. The Kier molecular flexibility index (Phi) is 7.59. The molecular formula is C15H28N2O3. The van der Waals surface area contributed by atoms with Crippen LogP contribution >= 0.6 is 0 Å². The summed E-state index contributed by atoms with van der Waals surface area (Å²) >= 11 is 0. The summed E-state index contributed by atoms with van der Waals surface area (Å²) in [5.41, 5.74) is 0. The summed E-state index contributed by atoms with van der Waals surface area (Å²) < 4.78 is 0. The predicted molar refractivity (Wildman–Crippen MR) is 78.5 cm³/mol. The molecule has 0 radical (unpaired) electrons. The van der Waals surface area contributed by atoms with Gasteiger partial charge in [0.15, 0.2) is 0 Å². The molecule has 1 rings (SSSR count). The fourth-order valence-corrected chi connectivity index (χ4v) is 2.65. The topological polar surface area (TPSA) is 78.4 Å². The largest absolute Gasteiger partial charge is 0.480 e. The molecule has 0 bridgehead atoms. The highest BCUT2D eigenvalue weighted by molar-refractivity contribution is 5.77. The van der Waals surface area contributed by atoms with Gasteiger partial charge in [0.05, 0.1) is 0 Å². The molecule has 1 saturated carbocycles. The van der Waals surface area contributed by atoms with Gasteiger partial charge in [-0.1, -0.05) is 33.1 Å². The van der Waals surface area contributed by atoms with Gasteiger partial charge in [-0.3, -0.25) is 9.59 Å². The standard InChI is InChI=1S/C15H28N2O3/c1-11(2)10-13(15(19)20)16-9-8-14(18)17-12-6-4-3-5-7-12/h11-13,16H,3-10H2,1-2H3,(H,17,18)(H,19,20). The van der Waals surface area contributed by atoms with Crippen LogP contribution in [0.15, 0.2) is 0 Å². The Morgan fingerprint density at radius 1 is 1.20 bits per heavy atom. The number of amides is 1. The molecule has 0 aromatic rings. The molecule has 1 amide bonds. The first-order valence-corrected chi connectivity index (χ1v) is 7.74. The van der Waals surface area contributed by atoms with E-state index < -0.39 is 12.0 Å². The number of rotatable bonds is 8. The number of hydrogen-bond donors (Lipinski definition) is 3. The van der Waals surface area contributed by atoms with Crippen LogP contribution in [-0.4, -0.2) is 35.6 Å². The van der Waals surface area contributed by atoms with Crippen LogP contribution in [0.3, 0.4) is 0 Å². The SMILES string of the molecule is CC(C)CC(NCCC(=O)NC1CCCCC1)C(=O)O. The van der Waals surface area contributed by atoms with E-state index in [1.807, 2.05) is 13.8 Å². The minimum atomic E-state index is -0.841. The van der Waals surface area contributed by atoms with E-state index in [-0.39, 0.29) is 5.91 Å². The molecule has 116 valence electrons. The third-order valence-electron chi connectivity index (χ3n) is 3.72. The number of aliphatic carboxylic acids is 1. The van der Waals surface area contributed by atoms with Gasteiger partial charge >= 0.3 is 5.97 Å². The third kappa shape index (κ3) is 6.89. The maximum Gasteiger partial charge on any atom is 0.320 e. The minimum Gasteiger partial charge on any atom is -0.480 e. The summed E-state index contributed by atoms with van der Waals surface area (Å²) in [4.78, 5) is 22.9. The first-order valence-electron chi connectivity index (χ1n) is 7.74. The van der Waals surface area contributed by atoms with E-state index in [4.69, 9.17) is 5.11 Å². The maximum atomic E-state index is 11.8. The molecule has 3 N–H and O–H groups in total. The summed E-state index contributed by atoms with van der Waals surface area (Å²) in [7, 11) is 0. The smallest absolute Gasteiger partial charge is 0.320 e. The zero-order valence-corrected chi connectivity index (χ0v) is 12.7. The lowest BCUT2D eigenvalue weighted by Crippen LogP contribution is -2.41. The van der Waals surface area contributed by atoms with Gasteiger partial charge < -0.3 is 15.7 Å². The molecule has 0 aromatic heterocycles. The van der Waals surface area contributed by atoms with Gasteiger partial charge in [0, 0.05) is 19.0 Å². The second-order valence-corrected chi connectivity index (χ2v) is 6.13. The quantitative estimate of drug-likeness (QED) is 0.636. The average Bonchev–Trinajstić information content (AvgIpc) is 2.38. The third-order valence-corrected chi connectivity index (χ3v) is 3.72. The van der Waals surface area contributed by atoms with Crippen molar-refractivity contribution < 1.29 is 14.7 Å². The van der Waals surface area contributed by atoms with Gasteiger partial charge in [-0.2, -0.15) is 0 Å². The molecule has 0 spiro atoms. The van der Waals surface area contributed by atoms with E-state index >= 15 is 0 Å². The van der Waals surface area contributed by atoms with Crippen LogP contribution in [0.1, 0.15) is 58.8 Å². The highest BCUT2D eigenvalue weighted by Crippen LogP contribution is 2.17. The van der Waals surface area contributed by atoms with Crippen LogP contribution in [0.5, 0.6) is 0 Å². The summed E-state index contributed by atoms with van der Waals surface area (Å²) in [6.07, 6.45) is 6.73. The fourth-order valence-electron chi connectivity index (χ4n) is 2.65. The molecule has 1 fully saturated rings. The zero-order chi connectivity index (χ0) is 15.0. The van der Waals surface area contributed by atoms with Gasteiger partial charge in [-0.25, -0.2) is 0 Å². The second kappa shape index (κ2) is 8.95. The molecule has 1 aliphatic rings. The monoisotopic (exact) mass is 284 g/mol. The van der Waals surface area contributed by atoms with E-state index in [2.05, 4.69) is 10.6 Å². The Balaban J connectivity index is 2.20. The van der Waals surface area contributed by atoms with Crippen LogP contribution < -0.4 is 10.6 Å². The Labute approximate surface area is 121 Å². The van der Waals surface area contributed by atoms with Gasteiger partial charge in [0.1, 0.15) is 6.04 Å². The Hall–Kier alpha value is -1.10. The molecule has 20 heavy (non-hydrogen) atoms. The van der Waals surface area contributed by atoms with Crippen molar-refractivity contribution in [2.24, 2.45) is 5.92 Å². The van der Waals surface area contributed by atoms with Crippen molar-refractivity contribution in [2.75, 3.05) is 6.54 Å². The summed E-state index contributed by atoms with van der Waals surface area (Å²) in [5.74, 6) is -0.496. The molecule has 1 atom stereocenters. The van der Waals surface area contributed by atoms with Crippen molar-refractivity contribution in [3.8, 4) is 0 Å². The summed E-state index contributed by atoms with van der Waals surface area (Å²) in [5, 5.41) is 15.1. The number of carbonyl (C=O) groups excluding carboxylic acids is 1. The molecule has 0 aromatic carbocycles. The first kappa shape index (κ1) is 17.0. The fraction of sp³-hybridized carbons (Fsp3) is 0.867. The lowest BCUT2D eigenvalue weighted by molar-refractivity contribution is -0.140. The van der Waals surface area contributed by atoms with Gasteiger partial charge in [-0.15, -0.1) is 0 Å². The molecule has 5 nitrogen and oxygen atoms in total. The summed E-state index contributed by atoms with van der Waals surface area (Å²) in [6, 6.07) is -0.236. The lowest BCUT2D eigenvalue weighted by Gasteiger charge is -2.23. The Morgan fingerprint density at radius 2 is 1.85 bits per heavy atom. The Bertz CT molecular complexity index is 312. The zero-order valence-electron chi connectivity index (χ0n) is 12.7. The number of carboxylic acids is 1. The molecule has 1 unspecified atom stereocenters. The van der Waals surface area contributed by atoms with E-state index in [0.29, 0.717) is 31.3 Å². The van der Waals surface area contributed by atoms with Crippen molar-refractivity contribution in [3.63, 3.8) is 0 Å². The van der Waals surface area contributed by atoms with Crippen molar-refractivity contribution in [1.82, 2.24) is 10.6 Å². The molecule has 1 aliphatic carbocycles. The van der Waals surface area contributed by atoms with Crippen LogP contribution in [0.4, 0.5) is 0 Å². The van der Waals surface area contributed by atoms with Crippen molar-refractivity contribution >= 4 is 11.9 Å². The number of carboxylic acid groups (broad SMARTS) is 1. The van der Waals surface area contributed by atoms with E-state index in [9.17, 15) is 9.59 Å². The number of carbonyl (C=O) groups is 2. The molecule has 0 aliphatic heterocycles. The van der Waals surface area contributed by atoms with Crippen LogP contribution in [0.25, 0.3) is 0 Å². The highest BCUT2D eigenvalue weighted by atomic mass is 16.4. The van der Waals surface area contributed by atoms with Crippen LogP contribution in [-0.2, 0) is 9.59 Å². The number of hydrogen-bond acceptors (Lipinski definition) is 3. The summed E-state index contributed by atoms with van der Waals surface area (Å²) in [6.45, 7) is 4.41. The lowest BCUT2D eigenvalue weighted by atomic mass is 9.95. The highest BCUT2D eigenvalue weighted by Gasteiger charge is 2.19. The van der Waals surface area contributed by atoms with Crippen molar-refractivity contribution in [3.05, 3.63) is 0 Å². The van der Waals surface area contributed by atoms with Gasteiger partial charge in [0.25, 0.3) is 0 Å². The molecule has 0 heterocycles. The maximum absolute atomic E-state index is 11.8. The normalized spacial score (nSPS) is 17.9. The van der Waals surface area contributed by atoms with Gasteiger partial charge in [-0.05, 0) is 25.2 Å². The Morgan fingerprint density at radius 3 is 2.40 bits per heavy atom.